The van der Waals surface area contributed by atoms with Gasteiger partial charge in [0.2, 0.25) is 5.88 Å². The second-order valence-corrected chi connectivity index (χ2v) is 5.03. The third-order valence-electron chi connectivity index (χ3n) is 2.58. The van der Waals surface area contributed by atoms with Crippen LogP contribution in [0.15, 0.2) is 11.2 Å². The molecule has 0 aromatic carbocycles. The van der Waals surface area contributed by atoms with E-state index in [2.05, 4.69) is 22.2 Å². The molecular weight excluding hydrogens is 234 g/mol. The molecule has 1 aromatic heterocycles. The number of ether oxygens (including phenoxy) is 1. The van der Waals surface area contributed by atoms with Crippen molar-refractivity contribution >= 4 is 17.6 Å². The highest BCUT2D eigenvalue weighted by Crippen LogP contribution is 2.29. The van der Waals surface area contributed by atoms with E-state index in [4.69, 9.17) is 4.74 Å². The Morgan fingerprint density at radius 1 is 1.47 bits per heavy atom. The van der Waals surface area contributed by atoms with Gasteiger partial charge in [-0.1, -0.05) is 18.7 Å². The van der Waals surface area contributed by atoms with Gasteiger partial charge in [0.15, 0.2) is 5.16 Å². The lowest BCUT2D eigenvalue weighted by Crippen LogP contribution is -2.06. The Labute approximate surface area is 107 Å². The van der Waals surface area contributed by atoms with E-state index in [0.29, 0.717) is 5.88 Å². The number of anilines is 1. The Balaban J connectivity index is 2.00. The topological polar surface area (TPSA) is 47.0 Å². The SMILES string of the molecule is CCCNc1cc(OCC2CC2)nc(SC)n1. The first-order valence-corrected chi connectivity index (χ1v) is 7.34. The zero-order chi connectivity index (χ0) is 12.1. The van der Waals surface area contributed by atoms with Gasteiger partial charge in [-0.15, -0.1) is 0 Å². The number of rotatable bonds is 7. The Kier molecular flexibility index (Phi) is 4.48. The normalized spacial score (nSPS) is 14.7. The summed E-state index contributed by atoms with van der Waals surface area (Å²) in [6, 6.07) is 1.89. The highest BCUT2D eigenvalue weighted by Gasteiger charge is 2.22. The van der Waals surface area contributed by atoms with Crippen LogP contribution in [-0.4, -0.2) is 29.4 Å². The number of nitrogens with one attached hydrogen (secondary N) is 1. The highest BCUT2D eigenvalue weighted by atomic mass is 32.2. The van der Waals surface area contributed by atoms with Gasteiger partial charge in [0.05, 0.1) is 6.61 Å². The van der Waals surface area contributed by atoms with Gasteiger partial charge < -0.3 is 10.1 Å². The Bertz CT molecular complexity index is 369. The van der Waals surface area contributed by atoms with Crippen LogP contribution in [0, 0.1) is 5.92 Å². The fourth-order valence-corrected chi connectivity index (χ4v) is 1.77. The van der Waals surface area contributed by atoms with E-state index in [1.54, 1.807) is 0 Å². The number of hydrogen-bond donors (Lipinski definition) is 1. The highest BCUT2D eigenvalue weighted by molar-refractivity contribution is 7.98. The first-order chi connectivity index (χ1) is 8.31. The monoisotopic (exact) mass is 253 g/mol. The molecule has 1 fully saturated rings. The van der Waals surface area contributed by atoms with Crippen LogP contribution in [0.4, 0.5) is 5.82 Å². The molecule has 0 unspecified atom stereocenters. The van der Waals surface area contributed by atoms with E-state index in [-0.39, 0.29) is 0 Å². The van der Waals surface area contributed by atoms with Crippen molar-refractivity contribution in [3.05, 3.63) is 6.07 Å². The van der Waals surface area contributed by atoms with Gasteiger partial charge in [-0.05, 0) is 31.4 Å². The molecule has 0 radical (unpaired) electrons. The largest absolute Gasteiger partial charge is 0.477 e. The molecule has 0 amide bonds. The number of thioether (sulfide) groups is 1. The lowest BCUT2D eigenvalue weighted by Gasteiger charge is -2.09. The molecule has 0 atom stereocenters. The molecule has 0 bridgehead atoms. The van der Waals surface area contributed by atoms with Gasteiger partial charge >= 0.3 is 0 Å². The fourth-order valence-electron chi connectivity index (χ4n) is 1.40. The van der Waals surface area contributed by atoms with E-state index >= 15 is 0 Å². The quantitative estimate of drug-likeness (QED) is 0.598. The van der Waals surface area contributed by atoms with Gasteiger partial charge in [-0.2, -0.15) is 4.98 Å². The summed E-state index contributed by atoms with van der Waals surface area (Å²) in [5.41, 5.74) is 0. The van der Waals surface area contributed by atoms with Crippen LogP contribution in [0.3, 0.4) is 0 Å². The average Bonchev–Trinajstić information content (AvgIpc) is 3.17. The molecule has 1 N–H and O–H groups in total. The third-order valence-corrected chi connectivity index (χ3v) is 3.13. The molecule has 0 saturated heterocycles. The van der Waals surface area contributed by atoms with Crippen LogP contribution in [0.5, 0.6) is 5.88 Å². The number of aromatic nitrogens is 2. The van der Waals surface area contributed by atoms with E-state index in [0.717, 1.165) is 36.5 Å². The van der Waals surface area contributed by atoms with Gasteiger partial charge in [-0.25, -0.2) is 4.98 Å². The molecule has 17 heavy (non-hydrogen) atoms. The average molecular weight is 253 g/mol. The smallest absolute Gasteiger partial charge is 0.219 e. The molecule has 5 heteroatoms. The summed E-state index contributed by atoms with van der Waals surface area (Å²) in [5.74, 6) is 2.29. The van der Waals surface area contributed by atoms with Gasteiger partial charge in [0.1, 0.15) is 5.82 Å². The van der Waals surface area contributed by atoms with Crippen LogP contribution in [0.25, 0.3) is 0 Å². The third kappa shape index (κ3) is 4.07. The predicted octanol–water partition coefficient (Wildman–Crippen LogP) is 2.81. The van der Waals surface area contributed by atoms with Gasteiger partial charge in [0, 0.05) is 12.6 Å². The molecule has 94 valence electrons. The maximum Gasteiger partial charge on any atom is 0.219 e. The second kappa shape index (κ2) is 6.10. The minimum atomic E-state index is 0.690. The summed E-state index contributed by atoms with van der Waals surface area (Å²) in [5, 5.41) is 4.03. The number of hydrogen-bond acceptors (Lipinski definition) is 5. The van der Waals surface area contributed by atoms with Crippen LogP contribution in [0.1, 0.15) is 26.2 Å². The minimum Gasteiger partial charge on any atom is -0.477 e. The molecule has 1 aliphatic carbocycles. The van der Waals surface area contributed by atoms with Gasteiger partial charge in [0.25, 0.3) is 0 Å². The molecule has 0 aliphatic heterocycles. The molecule has 1 saturated carbocycles. The zero-order valence-corrected chi connectivity index (χ0v) is 11.2. The molecule has 1 aliphatic rings. The van der Waals surface area contributed by atoms with Crippen molar-refractivity contribution in [3.8, 4) is 5.88 Å². The van der Waals surface area contributed by atoms with Crippen molar-refractivity contribution in [3.63, 3.8) is 0 Å². The van der Waals surface area contributed by atoms with E-state index in [1.165, 1.54) is 24.6 Å². The van der Waals surface area contributed by atoms with E-state index in [1.807, 2.05) is 12.3 Å². The summed E-state index contributed by atoms with van der Waals surface area (Å²) >= 11 is 1.54. The Morgan fingerprint density at radius 3 is 2.94 bits per heavy atom. The van der Waals surface area contributed by atoms with Crippen LogP contribution in [0.2, 0.25) is 0 Å². The van der Waals surface area contributed by atoms with E-state index < -0.39 is 0 Å². The molecule has 4 nitrogen and oxygen atoms in total. The maximum absolute atomic E-state index is 5.69. The summed E-state index contributed by atoms with van der Waals surface area (Å²) in [6.07, 6.45) is 5.64. The lowest BCUT2D eigenvalue weighted by molar-refractivity contribution is 0.285. The first kappa shape index (κ1) is 12.5. The predicted molar refractivity (Wildman–Crippen MR) is 70.8 cm³/mol. The van der Waals surface area contributed by atoms with Crippen LogP contribution < -0.4 is 10.1 Å². The fraction of sp³-hybridized carbons (Fsp3) is 0.667. The lowest BCUT2D eigenvalue weighted by atomic mass is 10.4. The van der Waals surface area contributed by atoms with Crippen molar-refractivity contribution < 1.29 is 4.74 Å². The van der Waals surface area contributed by atoms with Crippen LogP contribution >= 0.6 is 11.8 Å². The van der Waals surface area contributed by atoms with Crippen molar-refractivity contribution in [1.29, 1.82) is 0 Å². The second-order valence-electron chi connectivity index (χ2n) is 4.26. The summed E-state index contributed by atoms with van der Waals surface area (Å²) in [7, 11) is 0. The van der Waals surface area contributed by atoms with E-state index in [9.17, 15) is 0 Å². The zero-order valence-electron chi connectivity index (χ0n) is 10.4. The standard InChI is InChI=1S/C12H19N3OS/c1-3-6-13-10-7-11(15-12(14-10)17-2)16-8-9-4-5-9/h7,9H,3-6,8H2,1-2H3,(H,13,14,15). The molecular formula is C12H19N3OS. The summed E-state index contributed by atoms with van der Waals surface area (Å²) in [4.78, 5) is 8.74. The Morgan fingerprint density at radius 2 is 2.29 bits per heavy atom. The minimum absolute atomic E-state index is 0.690. The van der Waals surface area contributed by atoms with Crippen molar-refractivity contribution in [1.82, 2.24) is 9.97 Å². The van der Waals surface area contributed by atoms with Crippen LogP contribution in [-0.2, 0) is 0 Å². The maximum atomic E-state index is 5.69. The first-order valence-electron chi connectivity index (χ1n) is 6.11. The summed E-state index contributed by atoms with van der Waals surface area (Å²) < 4.78 is 5.69. The number of nitrogens with zero attached hydrogens (tertiary/aromatic N) is 2. The molecule has 2 rings (SSSR count). The van der Waals surface area contributed by atoms with Crippen molar-refractivity contribution in [2.24, 2.45) is 5.92 Å². The molecule has 0 spiro atoms. The molecule has 1 aromatic rings. The van der Waals surface area contributed by atoms with Crippen molar-refractivity contribution in [2.75, 3.05) is 24.7 Å². The Hall–Kier alpha value is -0.970. The molecule has 1 heterocycles. The van der Waals surface area contributed by atoms with Gasteiger partial charge in [-0.3, -0.25) is 0 Å². The van der Waals surface area contributed by atoms with Crippen molar-refractivity contribution in [2.45, 2.75) is 31.3 Å². The summed E-state index contributed by atoms with van der Waals surface area (Å²) in [6.45, 7) is 3.85.